The molecule has 0 fully saturated rings. The standard InChI is InChI=1S/C9H17NO3/c1-7(11)8(9(12)13)5-3-2-4-6-10/h8H,2-6,10H2,1H3,(H,12,13). The molecule has 1 unspecified atom stereocenters. The molecular weight excluding hydrogens is 170 g/mol. The average molecular weight is 187 g/mol. The molecule has 0 bridgehead atoms. The lowest BCUT2D eigenvalue weighted by Crippen LogP contribution is -2.21. The quantitative estimate of drug-likeness (QED) is 0.456. The van der Waals surface area contributed by atoms with Crippen LogP contribution < -0.4 is 5.73 Å². The van der Waals surface area contributed by atoms with Crippen molar-refractivity contribution in [2.75, 3.05) is 6.54 Å². The van der Waals surface area contributed by atoms with Crippen LogP contribution in [0.1, 0.15) is 32.6 Å². The number of nitrogens with two attached hydrogens (primary N) is 1. The number of unbranched alkanes of at least 4 members (excludes halogenated alkanes) is 2. The van der Waals surface area contributed by atoms with Crippen molar-refractivity contribution in [1.82, 2.24) is 0 Å². The van der Waals surface area contributed by atoms with E-state index in [1.165, 1.54) is 6.92 Å². The number of carbonyl (C=O) groups is 2. The zero-order valence-electron chi connectivity index (χ0n) is 7.95. The predicted octanol–water partition coefficient (Wildman–Crippen LogP) is 0.795. The number of hydrogen-bond donors (Lipinski definition) is 2. The summed E-state index contributed by atoms with van der Waals surface area (Å²) in [6, 6.07) is 0. The van der Waals surface area contributed by atoms with Crippen molar-refractivity contribution >= 4 is 11.8 Å². The van der Waals surface area contributed by atoms with E-state index in [2.05, 4.69) is 0 Å². The van der Waals surface area contributed by atoms with Gasteiger partial charge in [-0.3, -0.25) is 9.59 Å². The number of rotatable bonds is 7. The van der Waals surface area contributed by atoms with Crippen LogP contribution in [0.25, 0.3) is 0 Å². The van der Waals surface area contributed by atoms with Gasteiger partial charge in [-0.15, -0.1) is 0 Å². The summed E-state index contributed by atoms with van der Waals surface area (Å²) in [6.45, 7) is 1.94. The van der Waals surface area contributed by atoms with Crippen molar-refractivity contribution in [2.45, 2.75) is 32.6 Å². The van der Waals surface area contributed by atoms with Crippen LogP contribution in [0.2, 0.25) is 0 Å². The van der Waals surface area contributed by atoms with Gasteiger partial charge in [0.2, 0.25) is 0 Å². The average Bonchev–Trinajstić information content (AvgIpc) is 2.02. The lowest BCUT2D eigenvalue weighted by molar-refractivity contribution is -0.146. The van der Waals surface area contributed by atoms with Crippen molar-refractivity contribution in [2.24, 2.45) is 11.7 Å². The van der Waals surface area contributed by atoms with E-state index in [-0.39, 0.29) is 5.78 Å². The van der Waals surface area contributed by atoms with Gasteiger partial charge in [0.15, 0.2) is 0 Å². The molecule has 3 N–H and O–H groups in total. The fraction of sp³-hybridized carbons (Fsp3) is 0.778. The smallest absolute Gasteiger partial charge is 0.314 e. The Morgan fingerprint density at radius 2 is 1.92 bits per heavy atom. The Balaban J connectivity index is 3.71. The van der Waals surface area contributed by atoms with Crippen LogP contribution in [0.15, 0.2) is 0 Å². The molecule has 4 nitrogen and oxygen atoms in total. The topological polar surface area (TPSA) is 80.4 Å². The number of carbonyl (C=O) groups excluding carboxylic acids is 1. The SMILES string of the molecule is CC(=O)C(CCCCCN)C(=O)O. The minimum Gasteiger partial charge on any atom is -0.481 e. The van der Waals surface area contributed by atoms with Gasteiger partial charge in [0, 0.05) is 0 Å². The highest BCUT2D eigenvalue weighted by Crippen LogP contribution is 2.10. The summed E-state index contributed by atoms with van der Waals surface area (Å²) in [5.74, 6) is -2.10. The van der Waals surface area contributed by atoms with Gasteiger partial charge in [0.25, 0.3) is 0 Å². The number of aliphatic carboxylic acids is 1. The van der Waals surface area contributed by atoms with Crippen molar-refractivity contribution in [1.29, 1.82) is 0 Å². The van der Waals surface area contributed by atoms with Gasteiger partial charge in [-0.05, 0) is 26.3 Å². The number of ketones is 1. The highest BCUT2D eigenvalue weighted by atomic mass is 16.4. The number of Topliss-reactive ketones (excluding diaryl/α,β-unsaturated/α-hetero) is 1. The van der Waals surface area contributed by atoms with Crippen LogP contribution in [0.5, 0.6) is 0 Å². The Morgan fingerprint density at radius 3 is 2.31 bits per heavy atom. The summed E-state index contributed by atoms with van der Waals surface area (Å²) in [4.78, 5) is 21.4. The fourth-order valence-electron chi connectivity index (χ4n) is 1.17. The van der Waals surface area contributed by atoms with E-state index in [9.17, 15) is 9.59 Å². The maximum absolute atomic E-state index is 10.8. The molecule has 4 heteroatoms. The highest BCUT2D eigenvalue weighted by Gasteiger charge is 2.21. The monoisotopic (exact) mass is 187 g/mol. The van der Waals surface area contributed by atoms with E-state index >= 15 is 0 Å². The molecule has 1 atom stereocenters. The third kappa shape index (κ3) is 5.36. The van der Waals surface area contributed by atoms with Crippen LogP contribution in [0.3, 0.4) is 0 Å². The van der Waals surface area contributed by atoms with Gasteiger partial charge >= 0.3 is 5.97 Å². The Morgan fingerprint density at radius 1 is 1.31 bits per heavy atom. The molecule has 0 radical (unpaired) electrons. The molecule has 0 aromatic rings. The number of carboxylic acid groups (broad SMARTS) is 1. The molecular formula is C9H17NO3. The van der Waals surface area contributed by atoms with Gasteiger partial charge in [-0.1, -0.05) is 12.8 Å². The van der Waals surface area contributed by atoms with Crippen LogP contribution in [0.4, 0.5) is 0 Å². The molecule has 76 valence electrons. The second-order valence-electron chi connectivity index (χ2n) is 3.14. The summed E-state index contributed by atoms with van der Waals surface area (Å²) >= 11 is 0. The van der Waals surface area contributed by atoms with Gasteiger partial charge in [0.1, 0.15) is 11.7 Å². The van der Waals surface area contributed by atoms with Gasteiger partial charge in [-0.25, -0.2) is 0 Å². The molecule has 0 aromatic heterocycles. The lowest BCUT2D eigenvalue weighted by Gasteiger charge is -2.07. The Labute approximate surface area is 78.1 Å². The van der Waals surface area contributed by atoms with Crippen LogP contribution in [-0.2, 0) is 9.59 Å². The summed E-state index contributed by atoms with van der Waals surface area (Å²) in [5.41, 5.74) is 5.28. The predicted molar refractivity (Wildman–Crippen MR) is 49.3 cm³/mol. The zero-order valence-corrected chi connectivity index (χ0v) is 7.95. The minimum atomic E-state index is -1.01. The van der Waals surface area contributed by atoms with Crippen molar-refractivity contribution in [3.8, 4) is 0 Å². The van der Waals surface area contributed by atoms with Crippen LogP contribution >= 0.6 is 0 Å². The zero-order chi connectivity index (χ0) is 10.3. The third-order valence-corrected chi connectivity index (χ3v) is 1.99. The summed E-state index contributed by atoms with van der Waals surface area (Å²) in [7, 11) is 0. The minimum absolute atomic E-state index is 0.264. The molecule has 0 aliphatic carbocycles. The largest absolute Gasteiger partial charge is 0.481 e. The van der Waals surface area contributed by atoms with Crippen LogP contribution in [-0.4, -0.2) is 23.4 Å². The molecule has 0 amide bonds. The summed E-state index contributed by atoms with van der Waals surface area (Å²) in [5, 5.41) is 8.65. The van der Waals surface area contributed by atoms with Gasteiger partial charge in [0.05, 0.1) is 0 Å². The van der Waals surface area contributed by atoms with E-state index in [0.29, 0.717) is 13.0 Å². The van der Waals surface area contributed by atoms with E-state index in [1.54, 1.807) is 0 Å². The first-order chi connectivity index (χ1) is 6.09. The maximum Gasteiger partial charge on any atom is 0.314 e. The molecule has 0 aliphatic heterocycles. The molecule has 0 aliphatic rings. The molecule has 0 aromatic carbocycles. The third-order valence-electron chi connectivity index (χ3n) is 1.99. The van der Waals surface area contributed by atoms with E-state index in [0.717, 1.165) is 19.3 Å². The molecule has 13 heavy (non-hydrogen) atoms. The Bertz CT molecular complexity index is 166. The van der Waals surface area contributed by atoms with Crippen molar-refractivity contribution in [3.63, 3.8) is 0 Å². The molecule has 0 spiro atoms. The molecule has 0 saturated heterocycles. The normalized spacial score (nSPS) is 12.5. The molecule has 0 heterocycles. The second kappa shape index (κ2) is 6.60. The molecule has 0 rings (SSSR count). The Kier molecular flexibility index (Phi) is 6.14. The summed E-state index contributed by atoms with van der Waals surface area (Å²) in [6.07, 6.45) is 2.98. The van der Waals surface area contributed by atoms with E-state index in [4.69, 9.17) is 10.8 Å². The Hall–Kier alpha value is -0.900. The van der Waals surface area contributed by atoms with Crippen molar-refractivity contribution < 1.29 is 14.7 Å². The fourth-order valence-corrected chi connectivity index (χ4v) is 1.17. The highest BCUT2D eigenvalue weighted by molar-refractivity contribution is 5.96. The first kappa shape index (κ1) is 12.1. The van der Waals surface area contributed by atoms with Crippen LogP contribution in [0, 0.1) is 5.92 Å². The first-order valence-electron chi connectivity index (χ1n) is 4.53. The van der Waals surface area contributed by atoms with Crippen molar-refractivity contribution in [3.05, 3.63) is 0 Å². The lowest BCUT2D eigenvalue weighted by atomic mass is 9.98. The van der Waals surface area contributed by atoms with Gasteiger partial charge in [-0.2, -0.15) is 0 Å². The van der Waals surface area contributed by atoms with E-state index < -0.39 is 11.9 Å². The number of carboxylic acids is 1. The van der Waals surface area contributed by atoms with Gasteiger partial charge < -0.3 is 10.8 Å². The maximum atomic E-state index is 10.8. The second-order valence-corrected chi connectivity index (χ2v) is 3.14. The summed E-state index contributed by atoms with van der Waals surface area (Å²) < 4.78 is 0. The first-order valence-corrected chi connectivity index (χ1v) is 4.53. The number of hydrogen-bond acceptors (Lipinski definition) is 3. The molecule has 0 saturated carbocycles. The van der Waals surface area contributed by atoms with E-state index in [1.807, 2.05) is 0 Å².